The van der Waals surface area contributed by atoms with Crippen LogP contribution >= 0.6 is 0 Å². The van der Waals surface area contributed by atoms with E-state index in [0.29, 0.717) is 11.3 Å². The third-order valence-corrected chi connectivity index (χ3v) is 1.37. The Hall–Kier alpha value is -1.84. The third kappa shape index (κ3) is 2.09. The number of anilines is 1. The Morgan fingerprint density at radius 3 is 2.67 bits per heavy atom. The summed E-state index contributed by atoms with van der Waals surface area (Å²) in [6.07, 6.45) is 2.24. The van der Waals surface area contributed by atoms with E-state index >= 15 is 0 Å². The van der Waals surface area contributed by atoms with Crippen LogP contribution in [0.3, 0.4) is 0 Å². The average Bonchev–Trinajstić information content (AvgIpc) is 2.03. The molecular weight excluding hydrogens is 156 g/mol. The van der Waals surface area contributed by atoms with Gasteiger partial charge in [-0.2, -0.15) is 0 Å². The first kappa shape index (κ1) is 8.26. The normalized spacial score (nSPS) is 10.3. The van der Waals surface area contributed by atoms with Crippen LogP contribution in [-0.2, 0) is 0 Å². The van der Waals surface area contributed by atoms with Crippen LogP contribution in [-0.4, -0.2) is 4.92 Å². The van der Waals surface area contributed by atoms with Gasteiger partial charge in [0, 0.05) is 17.3 Å². The lowest BCUT2D eigenvalue weighted by atomic mass is 10.2. The van der Waals surface area contributed by atoms with E-state index in [9.17, 15) is 10.1 Å². The molecule has 0 heterocycles. The molecule has 4 nitrogen and oxygen atoms in total. The van der Waals surface area contributed by atoms with Crippen molar-refractivity contribution in [1.82, 2.24) is 0 Å². The van der Waals surface area contributed by atoms with Crippen molar-refractivity contribution in [1.29, 1.82) is 0 Å². The molecule has 0 bridgehead atoms. The van der Waals surface area contributed by atoms with Crippen molar-refractivity contribution >= 4 is 11.8 Å². The van der Waals surface area contributed by atoms with E-state index < -0.39 is 4.92 Å². The Bertz CT molecular complexity index is 321. The number of benzene rings is 1. The maximum absolute atomic E-state index is 9.96. The zero-order valence-corrected chi connectivity index (χ0v) is 6.31. The molecule has 0 radical (unpaired) electrons. The van der Waals surface area contributed by atoms with Crippen LogP contribution in [0.5, 0.6) is 0 Å². The number of hydrogen-bond acceptors (Lipinski definition) is 3. The second kappa shape index (κ2) is 3.52. The molecule has 4 heteroatoms. The second-order valence-electron chi connectivity index (χ2n) is 2.23. The zero-order chi connectivity index (χ0) is 8.97. The van der Waals surface area contributed by atoms with Gasteiger partial charge in [0.05, 0.1) is 4.92 Å². The summed E-state index contributed by atoms with van der Waals surface area (Å²) in [7, 11) is 0. The molecule has 0 spiro atoms. The standard InChI is InChI=1S/C8H8N2O2/c9-8-4-2-1-3-7(8)5-6-10(11)12/h1-6H,9H2. The number of nitrogens with zero attached hydrogens (tertiary/aromatic N) is 1. The summed E-state index contributed by atoms with van der Waals surface area (Å²) in [6, 6.07) is 6.96. The van der Waals surface area contributed by atoms with E-state index in [4.69, 9.17) is 5.73 Å². The molecule has 2 N–H and O–H groups in total. The van der Waals surface area contributed by atoms with Crippen LogP contribution in [0.4, 0.5) is 5.69 Å². The van der Waals surface area contributed by atoms with E-state index in [1.54, 1.807) is 24.3 Å². The fourth-order valence-corrected chi connectivity index (χ4v) is 0.804. The van der Waals surface area contributed by atoms with E-state index in [2.05, 4.69) is 0 Å². The molecule has 0 saturated carbocycles. The largest absolute Gasteiger partial charge is 0.398 e. The molecule has 0 aliphatic heterocycles. The number of nitro groups is 1. The van der Waals surface area contributed by atoms with Crippen molar-refractivity contribution in [2.24, 2.45) is 0 Å². The quantitative estimate of drug-likeness (QED) is 0.409. The Kier molecular flexibility index (Phi) is 2.42. The monoisotopic (exact) mass is 164 g/mol. The molecule has 1 aromatic carbocycles. The van der Waals surface area contributed by atoms with Crippen molar-refractivity contribution in [2.45, 2.75) is 0 Å². The number of rotatable bonds is 2. The molecule has 0 fully saturated rings. The zero-order valence-electron chi connectivity index (χ0n) is 6.31. The molecule has 1 aromatic rings. The summed E-state index contributed by atoms with van der Waals surface area (Å²) in [5, 5.41) is 9.96. The van der Waals surface area contributed by atoms with E-state index in [1.165, 1.54) is 6.08 Å². The van der Waals surface area contributed by atoms with Crippen LogP contribution in [0.1, 0.15) is 5.56 Å². The minimum atomic E-state index is -0.521. The Balaban J connectivity index is 2.89. The molecule has 0 unspecified atom stereocenters. The summed E-state index contributed by atoms with van der Waals surface area (Å²) >= 11 is 0. The van der Waals surface area contributed by atoms with Crippen LogP contribution in [0.2, 0.25) is 0 Å². The summed E-state index contributed by atoms with van der Waals surface area (Å²) in [6.45, 7) is 0. The molecular formula is C8H8N2O2. The average molecular weight is 164 g/mol. The van der Waals surface area contributed by atoms with Gasteiger partial charge in [0.15, 0.2) is 0 Å². The second-order valence-corrected chi connectivity index (χ2v) is 2.23. The number of nitrogen functional groups attached to an aromatic ring is 1. The molecule has 0 aliphatic rings. The lowest BCUT2D eigenvalue weighted by Crippen LogP contribution is -1.89. The fourth-order valence-electron chi connectivity index (χ4n) is 0.804. The van der Waals surface area contributed by atoms with Crippen molar-refractivity contribution in [3.05, 3.63) is 46.1 Å². The SMILES string of the molecule is Nc1ccccc1C=C[N+](=O)[O-]. The van der Waals surface area contributed by atoms with Gasteiger partial charge in [-0.25, -0.2) is 0 Å². The minimum Gasteiger partial charge on any atom is -0.398 e. The molecule has 0 aromatic heterocycles. The minimum absolute atomic E-state index is 0.521. The van der Waals surface area contributed by atoms with E-state index in [0.717, 1.165) is 6.20 Å². The molecule has 62 valence electrons. The van der Waals surface area contributed by atoms with Gasteiger partial charge in [-0.15, -0.1) is 0 Å². The maximum atomic E-state index is 9.96. The van der Waals surface area contributed by atoms with Gasteiger partial charge < -0.3 is 5.73 Å². The van der Waals surface area contributed by atoms with Crippen LogP contribution in [0, 0.1) is 10.1 Å². The number of hydrogen-bond donors (Lipinski definition) is 1. The van der Waals surface area contributed by atoms with Crippen molar-refractivity contribution < 1.29 is 4.92 Å². The molecule has 0 aliphatic carbocycles. The van der Waals surface area contributed by atoms with E-state index in [1.807, 2.05) is 0 Å². The summed E-state index contributed by atoms with van der Waals surface area (Å²) in [5.74, 6) is 0. The lowest BCUT2D eigenvalue weighted by Gasteiger charge is -1.95. The van der Waals surface area contributed by atoms with Gasteiger partial charge in [0.25, 0.3) is 0 Å². The smallest absolute Gasteiger partial charge is 0.235 e. The summed E-state index contributed by atoms with van der Waals surface area (Å²) < 4.78 is 0. The maximum Gasteiger partial charge on any atom is 0.235 e. The highest BCUT2D eigenvalue weighted by Crippen LogP contribution is 2.11. The highest BCUT2D eigenvalue weighted by molar-refractivity contribution is 5.63. The van der Waals surface area contributed by atoms with Gasteiger partial charge in [-0.1, -0.05) is 18.2 Å². The van der Waals surface area contributed by atoms with Crippen molar-refractivity contribution in [3.8, 4) is 0 Å². The van der Waals surface area contributed by atoms with Gasteiger partial charge in [-0.3, -0.25) is 10.1 Å². The topological polar surface area (TPSA) is 69.2 Å². The predicted octanol–water partition coefficient (Wildman–Crippen LogP) is 1.52. The Labute approximate surface area is 69.5 Å². The molecule has 0 amide bonds. The molecule has 0 atom stereocenters. The predicted molar refractivity (Wildman–Crippen MR) is 46.9 cm³/mol. The van der Waals surface area contributed by atoms with Crippen LogP contribution in [0.25, 0.3) is 6.08 Å². The van der Waals surface area contributed by atoms with Crippen molar-refractivity contribution in [2.75, 3.05) is 5.73 Å². The first-order valence-electron chi connectivity index (χ1n) is 3.36. The molecule has 12 heavy (non-hydrogen) atoms. The summed E-state index contributed by atoms with van der Waals surface area (Å²) in [5.41, 5.74) is 6.73. The van der Waals surface area contributed by atoms with Gasteiger partial charge in [0.2, 0.25) is 6.20 Å². The lowest BCUT2D eigenvalue weighted by molar-refractivity contribution is -0.400. The van der Waals surface area contributed by atoms with Crippen LogP contribution in [0.15, 0.2) is 30.5 Å². The highest BCUT2D eigenvalue weighted by Gasteiger charge is 1.93. The highest BCUT2D eigenvalue weighted by atomic mass is 16.6. The Morgan fingerprint density at radius 2 is 2.08 bits per heavy atom. The molecule has 0 saturated heterocycles. The fraction of sp³-hybridized carbons (Fsp3) is 0. The Morgan fingerprint density at radius 1 is 1.42 bits per heavy atom. The molecule has 1 rings (SSSR count). The van der Waals surface area contributed by atoms with Gasteiger partial charge in [-0.05, 0) is 6.07 Å². The van der Waals surface area contributed by atoms with Crippen molar-refractivity contribution in [3.63, 3.8) is 0 Å². The van der Waals surface area contributed by atoms with E-state index in [-0.39, 0.29) is 0 Å². The van der Waals surface area contributed by atoms with Gasteiger partial charge >= 0.3 is 0 Å². The van der Waals surface area contributed by atoms with Crippen LogP contribution < -0.4 is 5.73 Å². The third-order valence-electron chi connectivity index (χ3n) is 1.37. The summed E-state index contributed by atoms with van der Waals surface area (Å²) in [4.78, 5) is 9.44. The first-order valence-corrected chi connectivity index (χ1v) is 3.36. The first-order chi connectivity index (χ1) is 5.70. The number of para-hydroxylation sites is 1. The number of nitrogens with two attached hydrogens (primary N) is 1. The van der Waals surface area contributed by atoms with Gasteiger partial charge in [0.1, 0.15) is 0 Å².